The number of rotatable bonds is 12. The van der Waals surface area contributed by atoms with Gasteiger partial charge < -0.3 is 0 Å². The van der Waals surface area contributed by atoms with Gasteiger partial charge in [-0.25, -0.2) is 0 Å². The monoisotopic (exact) mass is 602 g/mol. The molecule has 2 aliphatic rings. The molecule has 0 heterocycles. The fourth-order valence-electron chi connectivity index (χ4n) is 5.51. The van der Waals surface area contributed by atoms with E-state index >= 15 is 17.6 Å². The number of carbonyl (C=O) groups is 2. The molecule has 4 nitrogen and oxygen atoms in total. The van der Waals surface area contributed by atoms with Crippen LogP contribution in [-0.2, 0) is 26.2 Å². The Balaban J connectivity index is 2.00. The molecule has 2 aromatic rings. The Morgan fingerprint density at radius 1 is 0.707 bits per heavy atom. The number of anilines is 2. The van der Waals surface area contributed by atoms with Crippen molar-refractivity contribution in [2.24, 2.45) is 0 Å². The van der Waals surface area contributed by atoms with Gasteiger partial charge in [0, 0.05) is 0 Å². The second-order valence-electron chi connectivity index (χ2n) is 10.3. The molecule has 0 aliphatic heterocycles. The first-order chi connectivity index (χ1) is 19.7. The first-order valence-corrected chi connectivity index (χ1v) is 17.2. The summed E-state index contributed by atoms with van der Waals surface area (Å²) in [5.74, 6) is -4.81. The summed E-state index contributed by atoms with van der Waals surface area (Å²) in [5.41, 5.74) is -0.471. The molecule has 0 bridgehead atoms. The van der Waals surface area contributed by atoms with E-state index in [4.69, 9.17) is 0 Å². The van der Waals surface area contributed by atoms with Crippen LogP contribution in [0.3, 0.4) is 0 Å². The van der Waals surface area contributed by atoms with Crippen LogP contribution >= 0.6 is 0 Å². The molecule has 0 saturated carbocycles. The summed E-state index contributed by atoms with van der Waals surface area (Å²) in [4.78, 5) is 25.0. The number of halogens is 4. The number of benzene rings is 2. The van der Waals surface area contributed by atoms with Crippen LogP contribution in [0.5, 0.6) is 0 Å². The Kier molecular flexibility index (Phi) is 10.2. The summed E-state index contributed by atoms with van der Waals surface area (Å²) in [7, 11) is 0. The van der Waals surface area contributed by atoms with Gasteiger partial charge in [-0.15, -0.1) is 0 Å². The van der Waals surface area contributed by atoms with Crippen molar-refractivity contribution in [1.82, 2.24) is 0 Å². The Bertz CT molecular complexity index is 1350. The van der Waals surface area contributed by atoms with Crippen molar-refractivity contribution in [3.63, 3.8) is 0 Å². The van der Waals surface area contributed by atoms with Crippen LogP contribution in [0.25, 0.3) is 0 Å². The van der Waals surface area contributed by atoms with Gasteiger partial charge in [-0.2, -0.15) is 0 Å². The first kappa shape index (κ1) is 30.7. The molecule has 0 unspecified atom stereocenters. The van der Waals surface area contributed by atoms with Gasteiger partial charge in [0.1, 0.15) is 0 Å². The number of nitrogens with one attached hydrogen (secondary N) is 2. The SMILES string of the molecule is CCCCC(=O)Nc1ccc(F)[c]([Ti]([C]2=CC=CC2)([C]2=CC=CC2)[c]2c(F)ccc(NC(=O)CCCC)c2F)c1F. The number of unbranched alkanes of at least 4 members (excludes halogenated alkanes) is 2. The summed E-state index contributed by atoms with van der Waals surface area (Å²) in [6, 6.07) is 4.38. The van der Waals surface area contributed by atoms with E-state index in [0.29, 0.717) is 20.6 Å². The molecule has 2 aromatic carbocycles. The van der Waals surface area contributed by atoms with Crippen molar-refractivity contribution >= 4 is 30.9 Å². The van der Waals surface area contributed by atoms with Gasteiger partial charge in [0.05, 0.1) is 0 Å². The maximum atomic E-state index is 16.6. The average Bonchev–Trinajstić information content (AvgIpc) is 3.69. The molecule has 0 saturated heterocycles. The first-order valence-electron chi connectivity index (χ1n) is 14.0. The quantitative estimate of drug-likeness (QED) is 0.198. The molecule has 0 spiro atoms. The minimum absolute atomic E-state index is 0.155. The number of amides is 2. The second kappa shape index (κ2) is 13.6. The van der Waals surface area contributed by atoms with E-state index in [1.807, 2.05) is 13.8 Å². The summed E-state index contributed by atoms with van der Waals surface area (Å²) >= 11 is -5.06. The molecule has 2 N–H and O–H groups in total. The van der Waals surface area contributed by atoms with Crippen LogP contribution in [0.4, 0.5) is 28.9 Å². The Morgan fingerprint density at radius 3 is 1.46 bits per heavy atom. The van der Waals surface area contributed by atoms with Gasteiger partial charge in [-0.3, -0.25) is 0 Å². The van der Waals surface area contributed by atoms with E-state index in [1.54, 1.807) is 36.5 Å². The summed E-state index contributed by atoms with van der Waals surface area (Å²) in [5, 5.41) is 5.08. The summed E-state index contributed by atoms with van der Waals surface area (Å²) in [6.45, 7) is 3.84. The molecule has 4 rings (SSSR count). The van der Waals surface area contributed by atoms with E-state index < -0.39 is 59.4 Å². The van der Waals surface area contributed by atoms with E-state index in [1.165, 1.54) is 0 Å². The third kappa shape index (κ3) is 6.19. The predicted molar refractivity (Wildman–Crippen MR) is 152 cm³/mol. The molecular weight excluding hydrogens is 568 g/mol. The van der Waals surface area contributed by atoms with Gasteiger partial charge >= 0.3 is 242 Å². The third-order valence-corrected chi connectivity index (χ3v) is 15.4. The maximum absolute atomic E-state index is 16.6. The molecule has 9 heteroatoms. The van der Waals surface area contributed by atoms with Crippen molar-refractivity contribution in [2.45, 2.75) is 65.2 Å². The molecular formula is C32H34F4N2O2Ti. The van der Waals surface area contributed by atoms with E-state index in [-0.39, 0.29) is 37.1 Å². The van der Waals surface area contributed by atoms with Crippen molar-refractivity contribution in [3.05, 3.63) is 91.7 Å². The second-order valence-corrected chi connectivity index (χ2v) is 16.2. The molecule has 0 atom stereocenters. The van der Waals surface area contributed by atoms with Crippen LogP contribution in [0.15, 0.2) is 68.5 Å². The zero-order valence-electron chi connectivity index (χ0n) is 23.3. The van der Waals surface area contributed by atoms with Gasteiger partial charge in [0.2, 0.25) is 0 Å². The zero-order chi connectivity index (χ0) is 29.6. The number of carbonyl (C=O) groups excluding carboxylic acids is 2. The minimum atomic E-state index is -5.06. The molecule has 2 aliphatic carbocycles. The van der Waals surface area contributed by atoms with Gasteiger partial charge in [-0.05, 0) is 0 Å². The van der Waals surface area contributed by atoms with Crippen molar-refractivity contribution in [2.75, 3.05) is 10.6 Å². The fourth-order valence-corrected chi connectivity index (χ4v) is 13.8. The van der Waals surface area contributed by atoms with Crippen molar-refractivity contribution in [1.29, 1.82) is 0 Å². The standard InChI is InChI=1S/2C11H12F2NO.2C5H5.Ti/c2*1-2-3-4-11(15)14-10-6-5-8(12)7-9(10)13;2*1-2-4-5-3-1;/h2*5-6H,2-4H2,1H3,(H,14,15);2*1-3H,4H2;. The van der Waals surface area contributed by atoms with Crippen LogP contribution in [0.1, 0.15) is 65.2 Å². The molecule has 216 valence electrons. The molecule has 0 fully saturated rings. The number of hydrogen-bond acceptors (Lipinski definition) is 2. The normalized spacial score (nSPS) is 14.3. The predicted octanol–water partition coefficient (Wildman–Crippen LogP) is 7.29. The number of hydrogen-bond donors (Lipinski definition) is 2. The van der Waals surface area contributed by atoms with Crippen molar-refractivity contribution < 1.29 is 43.7 Å². The molecule has 0 aromatic heterocycles. The summed E-state index contributed by atoms with van der Waals surface area (Å²) < 4.78 is 65.6. The Hall–Kier alpha value is -3.23. The zero-order valence-corrected chi connectivity index (χ0v) is 24.8. The van der Waals surface area contributed by atoms with Gasteiger partial charge in [0.25, 0.3) is 0 Å². The number of allylic oxidation sites excluding steroid dienone is 8. The third-order valence-electron chi connectivity index (χ3n) is 7.50. The van der Waals surface area contributed by atoms with Crippen molar-refractivity contribution in [3.8, 4) is 0 Å². The van der Waals surface area contributed by atoms with Gasteiger partial charge in [-0.1, -0.05) is 0 Å². The molecule has 2 amide bonds. The van der Waals surface area contributed by atoms with Crippen LogP contribution in [0, 0.1) is 23.3 Å². The van der Waals surface area contributed by atoms with Crippen LogP contribution in [-0.4, -0.2) is 11.8 Å². The topological polar surface area (TPSA) is 58.2 Å². The average molecular weight is 602 g/mol. The van der Waals surface area contributed by atoms with E-state index in [0.717, 1.165) is 37.1 Å². The fraction of sp³-hybridized carbons (Fsp3) is 0.312. The summed E-state index contributed by atoms with van der Waals surface area (Å²) in [6.07, 6.45) is 13.9. The molecule has 0 radical (unpaired) electrons. The van der Waals surface area contributed by atoms with E-state index in [9.17, 15) is 9.59 Å². The Labute approximate surface area is 241 Å². The molecule has 41 heavy (non-hydrogen) atoms. The van der Waals surface area contributed by atoms with E-state index in [2.05, 4.69) is 10.6 Å². The van der Waals surface area contributed by atoms with Crippen LogP contribution in [0.2, 0.25) is 0 Å². The van der Waals surface area contributed by atoms with Crippen LogP contribution < -0.4 is 18.4 Å². The van der Waals surface area contributed by atoms with Gasteiger partial charge in [0.15, 0.2) is 0 Å². The Morgan fingerprint density at radius 2 is 1.12 bits per heavy atom.